The van der Waals surface area contributed by atoms with Gasteiger partial charge in [0.25, 0.3) is 5.89 Å². The summed E-state index contributed by atoms with van der Waals surface area (Å²) in [5, 5.41) is 7.54. The van der Waals surface area contributed by atoms with Gasteiger partial charge in [-0.3, -0.25) is 9.97 Å². The smallest absolute Gasteiger partial charge is 0.257 e. The average molecular weight is 417 g/mol. The number of hydrogen-bond acceptors (Lipinski definition) is 5. The van der Waals surface area contributed by atoms with Crippen molar-refractivity contribution in [3.63, 3.8) is 0 Å². The zero-order valence-electron chi connectivity index (χ0n) is 17.4. The Hall–Kier alpha value is -4.32. The SMILES string of the molecule is Cc1cc2c(-c3cccc4cnccc34)nccc2n1Cc1noc(-c2ccccc2)n1. The first kappa shape index (κ1) is 18.4. The molecule has 0 amide bonds. The van der Waals surface area contributed by atoms with Crippen molar-refractivity contribution in [3.05, 3.63) is 96.8 Å². The lowest BCUT2D eigenvalue weighted by atomic mass is 10.0. The number of rotatable bonds is 4. The Kier molecular flexibility index (Phi) is 4.28. The Balaban J connectivity index is 1.44. The van der Waals surface area contributed by atoms with Crippen LogP contribution in [0.4, 0.5) is 0 Å². The molecule has 0 unspecified atom stereocenters. The van der Waals surface area contributed by atoms with Gasteiger partial charge in [-0.05, 0) is 42.6 Å². The zero-order valence-corrected chi connectivity index (χ0v) is 17.4. The van der Waals surface area contributed by atoms with Crippen LogP contribution in [0.3, 0.4) is 0 Å². The van der Waals surface area contributed by atoms with E-state index < -0.39 is 0 Å². The molecule has 0 aliphatic carbocycles. The van der Waals surface area contributed by atoms with Crippen LogP contribution in [0.2, 0.25) is 0 Å². The second-order valence-electron chi connectivity index (χ2n) is 7.75. The summed E-state index contributed by atoms with van der Waals surface area (Å²) in [6, 6.07) is 22.3. The van der Waals surface area contributed by atoms with Crippen LogP contribution in [-0.4, -0.2) is 24.7 Å². The zero-order chi connectivity index (χ0) is 21.5. The highest BCUT2D eigenvalue weighted by Gasteiger charge is 2.16. The van der Waals surface area contributed by atoms with Crippen LogP contribution < -0.4 is 0 Å². The third-order valence-electron chi connectivity index (χ3n) is 5.76. The molecular weight excluding hydrogens is 398 g/mol. The van der Waals surface area contributed by atoms with Crippen LogP contribution in [0.5, 0.6) is 0 Å². The molecule has 2 aromatic carbocycles. The molecule has 32 heavy (non-hydrogen) atoms. The maximum absolute atomic E-state index is 5.50. The number of aromatic nitrogens is 5. The highest BCUT2D eigenvalue weighted by Crippen LogP contribution is 2.33. The fourth-order valence-electron chi connectivity index (χ4n) is 4.23. The summed E-state index contributed by atoms with van der Waals surface area (Å²) in [5.74, 6) is 1.17. The molecule has 6 heteroatoms. The van der Waals surface area contributed by atoms with Crippen molar-refractivity contribution in [2.75, 3.05) is 0 Å². The van der Waals surface area contributed by atoms with Gasteiger partial charge in [-0.15, -0.1) is 0 Å². The van der Waals surface area contributed by atoms with E-state index >= 15 is 0 Å². The Morgan fingerprint density at radius 1 is 0.906 bits per heavy atom. The van der Waals surface area contributed by atoms with E-state index in [1.165, 1.54) is 0 Å². The average Bonchev–Trinajstić information content (AvgIpc) is 3.44. The standard InChI is InChI=1S/C26H19N5O/c1-17-14-22-23(31(17)16-24-29-26(32-30-24)18-6-3-2-4-7-18)11-13-28-25(22)21-9-5-8-19-15-27-12-10-20(19)21/h2-15H,16H2,1H3. The largest absolute Gasteiger partial charge is 0.337 e. The molecule has 0 atom stereocenters. The Labute approximate surface area is 184 Å². The molecule has 154 valence electrons. The molecule has 0 N–H and O–H groups in total. The molecule has 0 fully saturated rings. The first-order chi connectivity index (χ1) is 15.8. The first-order valence-electron chi connectivity index (χ1n) is 10.4. The van der Waals surface area contributed by atoms with E-state index in [0.29, 0.717) is 18.3 Å². The fraction of sp³-hybridized carbons (Fsp3) is 0.0769. The molecule has 0 radical (unpaired) electrons. The van der Waals surface area contributed by atoms with Crippen LogP contribution in [0.1, 0.15) is 11.5 Å². The topological polar surface area (TPSA) is 69.6 Å². The predicted octanol–water partition coefficient (Wildman–Crippen LogP) is 5.66. The van der Waals surface area contributed by atoms with Crippen LogP contribution in [0.25, 0.3) is 44.4 Å². The van der Waals surface area contributed by atoms with Crippen molar-refractivity contribution in [2.45, 2.75) is 13.5 Å². The lowest BCUT2D eigenvalue weighted by Gasteiger charge is -2.08. The lowest BCUT2D eigenvalue weighted by Crippen LogP contribution is -2.03. The van der Waals surface area contributed by atoms with E-state index in [-0.39, 0.29) is 0 Å². The van der Waals surface area contributed by atoms with Crippen LogP contribution >= 0.6 is 0 Å². The molecule has 6 nitrogen and oxygen atoms in total. The third-order valence-corrected chi connectivity index (χ3v) is 5.76. The Morgan fingerprint density at radius 3 is 2.72 bits per heavy atom. The van der Waals surface area contributed by atoms with Crippen LogP contribution in [0, 0.1) is 6.92 Å². The maximum atomic E-state index is 5.50. The molecule has 0 aliphatic rings. The molecule has 0 spiro atoms. The minimum absolute atomic E-state index is 0.522. The highest BCUT2D eigenvalue weighted by molar-refractivity contribution is 6.03. The van der Waals surface area contributed by atoms with E-state index in [1.807, 2.05) is 67.1 Å². The molecular formula is C26H19N5O. The molecule has 6 rings (SSSR count). The van der Waals surface area contributed by atoms with E-state index in [1.54, 1.807) is 0 Å². The van der Waals surface area contributed by atoms with Gasteiger partial charge in [-0.2, -0.15) is 4.98 Å². The van der Waals surface area contributed by atoms with E-state index in [9.17, 15) is 0 Å². The summed E-state index contributed by atoms with van der Waals surface area (Å²) in [4.78, 5) is 13.6. The Bertz CT molecular complexity index is 1560. The highest BCUT2D eigenvalue weighted by atomic mass is 16.5. The van der Waals surface area contributed by atoms with Gasteiger partial charge >= 0.3 is 0 Å². The number of fused-ring (bicyclic) bond motifs is 2. The van der Waals surface area contributed by atoms with Crippen molar-refractivity contribution in [1.82, 2.24) is 24.7 Å². The molecule has 0 aliphatic heterocycles. The van der Waals surface area contributed by atoms with Crippen molar-refractivity contribution < 1.29 is 4.52 Å². The number of benzene rings is 2. The summed E-state index contributed by atoms with van der Waals surface area (Å²) >= 11 is 0. The molecule has 0 bridgehead atoms. The first-order valence-corrected chi connectivity index (χ1v) is 10.4. The summed E-state index contributed by atoms with van der Waals surface area (Å²) in [6.45, 7) is 2.61. The van der Waals surface area contributed by atoms with Crippen molar-refractivity contribution in [3.8, 4) is 22.7 Å². The molecule has 0 saturated carbocycles. The summed E-state index contributed by atoms with van der Waals surface area (Å²) in [6.07, 6.45) is 5.57. The second kappa shape index (κ2) is 7.42. The van der Waals surface area contributed by atoms with Crippen LogP contribution in [-0.2, 0) is 6.54 Å². The number of aryl methyl sites for hydroxylation is 1. The molecule has 4 heterocycles. The lowest BCUT2D eigenvalue weighted by molar-refractivity contribution is 0.420. The quantitative estimate of drug-likeness (QED) is 0.370. The number of hydrogen-bond donors (Lipinski definition) is 0. The van der Waals surface area contributed by atoms with Gasteiger partial charge in [0.05, 0.1) is 17.8 Å². The molecule has 0 saturated heterocycles. The van der Waals surface area contributed by atoms with E-state index in [2.05, 4.69) is 44.8 Å². The van der Waals surface area contributed by atoms with E-state index in [0.717, 1.165) is 44.2 Å². The minimum Gasteiger partial charge on any atom is -0.337 e. The van der Waals surface area contributed by atoms with Gasteiger partial charge in [0.15, 0.2) is 5.82 Å². The van der Waals surface area contributed by atoms with Gasteiger partial charge in [-0.1, -0.05) is 41.6 Å². The number of pyridine rings is 2. The molecule has 4 aromatic heterocycles. The van der Waals surface area contributed by atoms with Crippen molar-refractivity contribution in [2.24, 2.45) is 0 Å². The normalized spacial score (nSPS) is 11.4. The summed E-state index contributed by atoms with van der Waals surface area (Å²) in [5.41, 5.74) is 5.17. The Morgan fingerprint density at radius 2 is 1.81 bits per heavy atom. The summed E-state index contributed by atoms with van der Waals surface area (Å²) < 4.78 is 7.70. The fourth-order valence-corrected chi connectivity index (χ4v) is 4.23. The predicted molar refractivity (Wildman–Crippen MR) is 124 cm³/mol. The van der Waals surface area contributed by atoms with Gasteiger partial charge in [0, 0.05) is 46.2 Å². The van der Waals surface area contributed by atoms with Crippen LogP contribution in [0.15, 0.2) is 89.8 Å². The van der Waals surface area contributed by atoms with Gasteiger partial charge in [0.2, 0.25) is 0 Å². The van der Waals surface area contributed by atoms with Gasteiger partial charge in [-0.25, -0.2) is 0 Å². The van der Waals surface area contributed by atoms with Gasteiger partial charge in [0.1, 0.15) is 0 Å². The third kappa shape index (κ3) is 3.04. The maximum Gasteiger partial charge on any atom is 0.257 e. The molecule has 6 aromatic rings. The van der Waals surface area contributed by atoms with Gasteiger partial charge < -0.3 is 9.09 Å². The monoisotopic (exact) mass is 417 g/mol. The summed E-state index contributed by atoms with van der Waals surface area (Å²) in [7, 11) is 0. The van der Waals surface area contributed by atoms with Crippen molar-refractivity contribution in [1.29, 1.82) is 0 Å². The van der Waals surface area contributed by atoms with E-state index in [4.69, 9.17) is 9.51 Å². The minimum atomic E-state index is 0.522. The van der Waals surface area contributed by atoms with Crippen molar-refractivity contribution >= 4 is 21.7 Å². The second-order valence-corrected chi connectivity index (χ2v) is 7.75. The number of nitrogens with zero attached hydrogens (tertiary/aromatic N) is 5.